The minimum Gasteiger partial charge on any atom is -0.486 e. The van der Waals surface area contributed by atoms with Crippen LogP contribution in [0.25, 0.3) is 0 Å². The van der Waals surface area contributed by atoms with Crippen molar-refractivity contribution in [1.29, 1.82) is 0 Å². The first-order valence-corrected chi connectivity index (χ1v) is 4.12. The molecule has 1 aromatic carbocycles. The Kier molecular flexibility index (Phi) is 1.74. The van der Waals surface area contributed by atoms with E-state index in [2.05, 4.69) is 22.0 Å². The molecule has 0 saturated heterocycles. The van der Waals surface area contributed by atoms with E-state index in [9.17, 15) is 0 Å². The lowest BCUT2D eigenvalue weighted by atomic mass is 10.3. The second-order valence-corrected chi connectivity index (χ2v) is 3.05. The Labute approximate surface area is 73.3 Å². The molecule has 1 radical (unpaired) electrons. The number of benzene rings is 1. The molecular formula is C8H6BrO2. The van der Waals surface area contributed by atoms with Crippen molar-refractivity contribution < 1.29 is 9.47 Å². The Balaban J connectivity index is 2.49. The topological polar surface area (TPSA) is 18.5 Å². The highest BCUT2D eigenvalue weighted by Gasteiger charge is 2.13. The van der Waals surface area contributed by atoms with Crippen molar-refractivity contribution in [2.24, 2.45) is 0 Å². The fraction of sp³-hybridized carbons (Fsp3) is 0.250. The Morgan fingerprint density at radius 3 is 2.91 bits per heavy atom. The maximum Gasteiger partial charge on any atom is 0.175 e. The second-order valence-electron chi connectivity index (χ2n) is 2.19. The molecule has 0 saturated carbocycles. The summed E-state index contributed by atoms with van der Waals surface area (Å²) >= 11 is 3.35. The van der Waals surface area contributed by atoms with Crippen molar-refractivity contribution in [1.82, 2.24) is 0 Å². The molecule has 1 aliphatic rings. The molecule has 57 valence electrons. The normalized spacial score (nSPS) is 14.6. The predicted octanol–water partition coefficient (Wildman–Crippen LogP) is 2.02. The summed E-state index contributed by atoms with van der Waals surface area (Å²) in [5.74, 6) is 1.56. The maximum atomic E-state index is 5.36. The van der Waals surface area contributed by atoms with Crippen LogP contribution in [0.3, 0.4) is 0 Å². The van der Waals surface area contributed by atoms with Crippen LogP contribution >= 0.6 is 15.9 Å². The summed E-state index contributed by atoms with van der Waals surface area (Å²) in [6, 6.07) is 6.53. The van der Waals surface area contributed by atoms with Gasteiger partial charge in [0.15, 0.2) is 11.5 Å². The summed E-state index contributed by atoms with van der Waals surface area (Å²) in [6.07, 6.45) is 0. The van der Waals surface area contributed by atoms with Gasteiger partial charge in [0.2, 0.25) is 0 Å². The first-order chi connectivity index (χ1) is 5.38. The Hall–Kier alpha value is -0.700. The molecular weight excluding hydrogens is 208 g/mol. The number of fused-ring (bicyclic) bond motifs is 1. The van der Waals surface area contributed by atoms with E-state index in [1.165, 1.54) is 0 Å². The monoisotopic (exact) mass is 213 g/mol. The van der Waals surface area contributed by atoms with Gasteiger partial charge in [0.1, 0.15) is 13.2 Å². The molecule has 0 bridgehead atoms. The number of halogens is 1. The molecule has 2 nitrogen and oxygen atoms in total. The highest BCUT2D eigenvalue weighted by Crippen LogP contribution is 2.36. The average molecular weight is 214 g/mol. The van der Waals surface area contributed by atoms with Crippen molar-refractivity contribution in [3.8, 4) is 11.5 Å². The van der Waals surface area contributed by atoms with Crippen molar-refractivity contribution in [2.45, 2.75) is 0 Å². The molecule has 0 aliphatic carbocycles. The lowest BCUT2D eigenvalue weighted by Crippen LogP contribution is -2.15. The molecule has 3 heteroatoms. The van der Waals surface area contributed by atoms with Gasteiger partial charge in [-0.15, -0.1) is 0 Å². The van der Waals surface area contributed by atoms with E-state index in [0.717, 1.165) is 16.0 Å². The maximum absolute atomic E-state index is 5.36. The van der Waals surface area contributed by atoms with Crippen molar-refractivity contribution in [3.63, 3.8) is 0 Å². The molecule has 0 aromatic heterocycles. The van der Waals surface area contributed by atoms with E-state index >= 15 is 0 Å². The summed E-state index contributed by atoms with van der Waals surface area (Å²) < 4.78 is 11.6. The third-order valence-electron chi connectivity index (χ3n) is 1.45. The second kappa shape index (κ2) is 2.74. The van der Waals surface area contributed by atoms with Crippen LogP contribution in [0.2, 0.25) is 0 Å². The third kappa shape index (κ3) is 1.20. The summed E-state index contributed by atoms with van der Waals surface area (Å²) in [6.45, 7) is 1.24. The van der Waals surface area contributed by atoms with Gasteiger partial charge in [-0.25, -0.2) is 0 Å². The highest BCUT2D eigenvalue weighted by molar-refractivity contribution is 9.10. The fourth-order valence-electron chi connectivity index (χ4n) is 0.982. The summed E-state index contributed by atoms with van der Waals surface area (Å²) in [5, 5.41) is 0. The van der Waals surface area contributed by atoms with Gasteiger partial charge in [0.05, 0.1) is 4.47 Å². The van der Waals surface area contributed by atoms with Crippen LogP contribution in [0.1, 0.15) is 0 Å². The van der Waals surface area contributed by atoms with Crippen LogP contribution in [0, 0.1) is 6.07 Å². The smallest absolute Gasteiger partial charge is 0.175 e. The molecule has 0 N–H and O–H groups in total. The van der Waals surface area contributed by atoms with E-state index < -0.39 is 0 Å². The molecule has 2 rings (SSSR count). The quantitative estimate of drug-likeness (QED) is 0.657. The van der Waals surface area contributed by atoms with Gasteiger partial charge >= 0.3 is 0 Å². The molecule has 1 aliphatic heterocycles. The minimum absolute atomic E-state index is 0.621. The van der Waals surface area contributed by atoms with Crippen LogP contribution in [0.15, 0.2) is 16.6 Å². The highest BCUT2D eigenvalue weighted by atomic mass is 79.9. The van der Waals surface area contributed by atoms with Crippen LogP contribution < -0.4 is 9.47 Å². The van der Waals surface area contributed by atoms with Gasteiger partial charge in [-0.1, -0.05) is 0 Å². The molecule has 0 spiro atoms. The van der Waals surface area contributed by atoms with Crippen LogP contribution in [-0.2, 0) is 0 Å². The first-order valence-electron chi connectivity index (χ1n) is 3.33. The van der Waals surface area contributed by atoms with Crippen molar-refractivity contribution in [2.75, 3.05) is 13.2 Å². The summed E-state index contributed by atoms with van der Waals surface area (Å²) in [5.41, 5.74) is 0. The van der Waals surface area contributed by atoms with Crippen LogP contribution in [0.4, 0.5) is 0 Å². The molecule has 0 amide bonds. The van der Waals surface area contributed by atoms with E-state index in [4.69, 9.17) is 9.47 Å². The van der Waals surface area contributed by atoms with Crippen LogP contribution in [0.5, 0.6) is 11.5 Å². The lowest BCUT2D eigenvalue weighted by molar-refractivity contribution is 0.170. The standard InChI is InChI=1S/C8H6BrO2/c9-6-2-1-3-7-8(6)11-5-4-10-7/h2-3H,4-5H2. The average Bonchev–Trinajstić information content (AvgIpc) is 2.06. The van der Waals surface area contributed by atoms with E-state index in [-0.39, 0.29) is 0 Å². The molecule has 0 fully saturated rings. The zero-order valence-electron chi connectivity index (χ0n) is 5.76. The van der Waals surface area contributed by atoms with Crippen LogP contribution in [-0.4, -0.2) is 13.2 Å². The van der Waals surface area contributed by atoms with E-state index in [1.54, 1.807) is 6.07 Å². The SMILES string of the molecule is Brc1c[c]cc2c1OCCO2. The number of ether oxygens (including phenoxy) is 2. The van der Waals surface area contributed by atoms with E-state index in [0.29, 0.717) is 13.2 Å². The lowest BCUT2D eigenvalue weighted by Gasteiger charge is -2.18. The largest absolute Gasteiger partial charge is 0.486 e. The molecule has 0 unspecified atom stereocenters. The van der Waals surface area contributed by atoms with Crippen molar-refractivity contribution in [3.05, 3.63) is 22.7 Å². The van der Waals surface area contributed by atoms with Gasteiger partial charge in [-0.2, -0.15) is 0 Å². The zero-order chi connectivity index (χ0) is 7.68. The fourth-order valence-corrected chi connectivity index (χ4v) is 1.42. The van der Waals surface area contributed by atoms with Gasteiger partial charge < -0.3 is 9.47 Å². The Morgan fingerprint density at radius 2 is 2.09 bits per heavy atom. The number of rotatable bonds is 0. The predicted molar refractivity (Wildman–Crippen MR) is 44.0 cm³/mol. The van der Waals surface area contributed by atoms with Gasteiger partial charge in [-0.05, 0) is 34.1 Å². The van der Waals surface area contributed by atoms with Gasteiger partial charge in [0.25, 0.3) is 0 Å². The van der Waals surface area contributed by atoms with Gasteiger partial charge in [-0.3, -0.25) is 0 Å². The van der Waals surface area contributed by atoms with Gasteiger partial charge in [0, 0.05) is 0 Å². The van der Waals surface area contributed by atoms with E-state index in [1.807, 2.05) is 6.07 Å². The third-order valence-corrected chi connectivity index (χ3v) is 2.04. The first kappa shape index (κ1) is 6.98. The molecule has 11 heavy (non-hydrogen) atoms. The Bertz CT molecular complexity index is 273. The zero-order valence-corrected chi connectivity index (χ0v) is 7.35. The molecule has 0 atom stereocenters. The molecule has 1 aromatic rings. The summed E-state index contributed by atoms with van der Waals surface area (Å²) in [7, 11) is 0. The minimum atomic E-state index is 0.621. The number of hydrogen-bond donors (Lipinski definition) is 0. The molecule has 1 heterocycles. The van der Waals surface area contributed by atoms with Crippen molar-refractivity contribution >= 4 is 15.9 Å². The Morgan fingerprint density at radius 1 is 1.27 bits per heavy atom. The number of hydrogen-bond acceptors (Lipinski definition) is 2. The summed E-state index contributed by atoms with van der Waals surface area (Å²) in [4.78, 5) is 0.